The summed E-state index contributed by atoms with van der Waals surface area (Å²) in [5, 5.41) is 20.1. The molecule has 0 heterocycles. The van der Waals surface area contributed by atoms with E-state index in [1.807, 2.05) is 6.07 Å². The molecule has 284 valence electrons. The molecular formula is C48H62O5. The van der Waals surface area contributed by atoms with Crippen LogP contribution in [0.15, 0.2) is 91.0 Å². The molecule has 0 bridgehead atoms. The Labute approximate surface area is 319 Å². The summed E-state index contributed by atoms with van der Waals surface area (Å²) in [6.07, 6.45) is 10.2. The molecule has 5 nitrogen and oxygen atoms in total. The van der Waals surface area contributed by atoms with Crippen LogP contribution in [0, 0.1) is 5.41 Å². The van der Waals surface area contributed by atoms with Crippen LogP contribution < -0.4 is 4.74 Å². The van der Waals surface area contributed by atoms with Crippen molar-refractivity contribution in [2.75, 3.05) is 26.4 Å². The summed E-state index contributed by atoms with van der Waals surface area (Å²) in [6, 6.07) is 29.2. The Kier molecular flexibility index (Phi) is 16.4. The van der Waals surface area contributed by atoms with Gasteiger partial charge in [-0.25, -0.2) is 4.79 Å². The molecule has 0 radical (unpaired) electrons. The fraction of sp³-hybridized carbons (Fsp3) is 0.438. The van der Waals surface area contributed by atoms with E-state index >= 15 is 0 Å². The molecule has 5 heteroatoms. The summed E-state index contributed by atoms with van der Waals surface area (Å²) >= 11 is 0. The lowest BCUT2D eigenvalue weighted by Gasteiger charge is -2.29. The van der Waals surface area contributed by atoms with Gasteiger partial charge >= 0.3 is 5.97 Å². The average Bonchev–Trinajstić information content (AvgIpc) is 3.19. The number of aryl methyl sites for hydroxylation is 4. The smallest absolute Gasteiger partial charge is 0.333 e. The lowest BCUT2D eigenvalue weighted by atomic mass is 9.82. The minimum absolute atomic E-state index is 0.0761. The quantitative estimate of drug-likeness (QED) is 0.0481. The number of rotatable bonds is 22. The predicted octanol–water partition coefficient (Wildman–Crippen LogP) is 11.1. The number of aliphatic hydroxyl groups is 2. The standard InChI is InChI=1S/C48H62O5/c1-7-11-12-14-36-16-18-39(19-17-36)44-23-20-40(30-37(44)9-3)41-21-24-45(38(10-4)31-41)42-22-25-46(52-29-27-48(33-49,34-50)26-8-2)43(32-42)15-13-28-53-47(51)35(5)6/h16-25,30-32,49-50H,5,7-15,26-29,33-34H2,1-4,6H3. The Morgan fingerprint density at radius 2 is 1.23 bits per heavy atom. The average molecular weight is 719 g/mol. The molecule has 0 saturated heterocycles. The Hall–Kier alpha value is -4.19. The molecule has 0 aliphatic rings. The zero-order valence-electron chi connectivity index (χ0n) is 32.9. The zero-order chi connectivity index (χ0) is 38.2. The molecule has 0 aliphatic heterocycles. The van der Waals surface area contributed by atoms with Crippen LogP contribution in [0.5, 0.6) is 5.75 Å². The highest BCUT2D eigenvalue weighted by Crippen LogP contribution is 2.36. The molecule has 0 saturated carbocycles. The van der Waals surface area contributed by atoms with Gasteiger partial charge in [0.15, 0.2) is 0 Å². The Bertz CT molecular complexity index is 1770. The number of aliphatic hydroxyl groups excluding tert-OH is 2. The minimum atomic E-state index is -0.555. The maximum absolute atomic E-state index is 12.0. The van der Waals surface area contributed by atoms with Crippen LogP contribution in [0.1, 0.15) is 102 Å². The third kappa shape index (κ3) is 11.4. The third-order valence-corrected chi connectivity index (χ3v) is 10.5. The predicted molar refractivity (Wildman–Crippen MR) is 220 cm³/mol. The monoisotopic (exact) mass is 718 g/mol. The molecule has 4 aromatic rings. The van der Waals surface area contributed by atoms with Gasteiger partial charge in [0.05, 0.1) is 26.4 Å². The molecule has 0 fully saturated rings. The van der Waals surface area contributed by atoms with Crippen LogP contribution in [-0.4, -0.2) is 42.6 Å². The summed E-state index contributed by atoms with van der Waals surface area (Å²) in [5.41, 5.74) is 12.2. The second kappa shape index (κ2) is 20.9. The number of carbonyl (C=O) groups excluding carboxylic acids is 1. The highest BCUT2D eigenvalue weighted by atomic mass is 16.5. The van der Waals surface area contributed by atoms with Gasteiger partial charge in [0.2, 0.25) is 0 Å². The molecule has 0 aromatic heterocycles. The van der Waals surface area contributed by atoms with Crippen LogP contribution in [0.4, 0.5) is 0 Å². The van der Waals surface area contributed by atoms with E-state index in [9.17, 15) is 15.0 Å². The van der Waals surface area contributed by atoms with Gasteiger partial charge in [-0.15, -0.1) is 0 Å². The lowest BCUT2D eigenvalue weighted by molar-refractivity contribution is -0.139. The highest BCUT2D eigenvalue weighted by molar-refractivity contribution is 5.86. The van der Waals surface area contributed by atoms with Gasteiger partial charge < -0.3 is 19.7 Å². The molecule has 0 atom stereocenters. The van der Waals surface area contributed by atoms with Crippen molar-refractivity contribution in [3.05, 3.63) is 113 Å². The summed E-state index contributed by atoms with van der Waals surface area (Å²) in [6.45, 7) is 14.6. The first-order chi connectivity index (χ1) is 25.7. The largest absolute Gasteiger partial charge is 0.493 e. The Morgan fingerprint density at radius 3 is 1.79 bits per heavy atom. The molecule has 0 aliphatic carbocycles. The summed E-state index contributed by atoms with van der Waals surface area (Å²) in [7, 11) is 0. The summed E-state index contributed by atoms with van der Waals surface area (Å²) in [4.78, 5) is 12.0. The maximum atomic E-state index is 12.0. The molecule has 4 rings (SSSR count). The van der Waals surface area contributed by atoms with Gasteiger partial charge in [-0.1, -0.05) is 120 Å². The number of carbonyl (C=O) groups is 1. The van der Waals surface area contributed by atoms with Crippen molar-refractivity contribution >= 4 is 5.97 Å². The number of benzene rings is 4. The minimum Gasteiger partial charge on any atom is -0.493 e. The first-order valence-electron chi connectivity index (χ1n) is 19.9. The fourth-order valence-electron chi connectivity index (χ4n) is 7.16. The van der Waals surface area contributed by atoms with Crippen LogP contribution in [0.2, 0.25) is 0 Å². The van der Waals surface area contributed by atoms with E-state index in [4.69, 9.17) is 9.47 Å². The van der Waals surface area contributed by atoms with Gasteiger partial charge in [-0.2, -0.15) is 0 Å². The van der Waals surface area contributed by atoms with Crippen LogP contribution in [0.3, 0.4) is 0 Å². The van der Waals surface area contributed by atoms with E-state index in [1.165, 1.54) is 63.8 Å². The van der Waals surface area contributed by atoms with Gasteiger partial charge in [-0.3, -0.25) is 0 Å². The number of ether oxygens (including phenoxy) is 2. The number of unbranched alkanes of at least 4 members (excludes halogenated alkanes) is 2. The van der Waals surface area contributed by atoms with E-state index in [0.29, 0.717) is 38.0 Å². The molecule has 0 unspecified atom stereocenters. The second-order valence-corrected chi connectivity index (χ2v) is 14.6. The van der Waals surface area contributed by atoms with Crippen molar-refractivity contribution in [2.45, 2.75) is 105 Å². The Balaban J connectivity index is 1.59. The summed E-state index contributed by atoms with van der Waals surface area (Å²) < 4.78 is 11.7. The fourth-order valence-corrected chi connectivity index (χ4v) is 7.16. The maximum Gasteiger partial charge on any atom is 0.333 e. The van der Waals surface area contributed by atoms with Crippen molar-refractivity contribution in [2.24, 2.45) is 5.41 Å². The van der Waals surface area contributed by atoms with Crippen LogP contribution in [-0.2, 0) is 35.2 Å². The lowest BCUT2D eigenvalue weighted by Crippen LogP contribution is -2.31. The van der Waals surface area contributed by atoms with Crippen molar-refractivity contribution in [3.63, 3.8) is 0 Å². The Morgan fingerprint density at radius 1 is 0.642 bits per heavy atom. The van der Waals surface area contributed by atoms with Gasteiger partial charge in [-0.05, 0) is 126 Å². The molecule has 0 amide bonds. The van der Waals surface area contributed by atoms with E-state index in [2.05, 4.69) is 107 Å². The van der Waals surface area contributed by atoms with E-state index in [1.54, 1.807) is 6.92 Å². The van der Waals surface area contributed by atoms with Crippen molar-refractivity contribution in [1.82, 2.24) is 0 Å². The zero-order valence-corrected chi connectivity index (χ0v) is 32.9. The molecule has 53 heavy (non-hydrogen) atoms. The van der Waals surface area contributed by atoms with Crippen molar-refractivity contribution in [1.29, 1.82) is 0 Å². The van der Waals surface area contributed by atoms with Crippen molar-refractivity contribution < 1.29 is 24.5 Å². The number of hydrogen-bond donors (Lipinski definition) is 2. The first-order valence-corrected chi connectivity index (χ1v) is 19.9. The highest BCUT2D eigenvalue weighted by Gasteiger charge is 2.28. The van der Waals surface area contributed by atoms with Crippen molar-refractivity contribution in [3.8, 4) is 39.1 Å². The van der Waals surface area contributed by atoms with Gasteiger partial charge in [0.1, 0.15) is 5.75 Å². The van der Waals surface area contributed by atoms with Crippen LogP contribution in [0.25, 0.3) is 33.4 Å². The summed E-state index contributed by atoms with van der Waals surface area (Å²) in [5.74, 6) is 0.393. The van der Waals surface area contributed by atoms with E-state index < -0.39 is 5.41 Å². The van der Waals surface area contributed by atoms with E-state index in [0.717, 1.165) is 49.0 Å². The second-order valence-electron chi connectivity index (χ2n) is 14.6. The van der Waals surface area contributed by atoms with Crippen LogP contribution >= 0.6 is 0 Å². The molecule has 4 aromatic carbocycles. The molecule has 0 spiro atoms. The molecular weight excluding hydrogens is 657 g/mol. The molecule has 2 N–H and O–H groups in total. The first kappa shape index (κ1) is 41.6. The third-order valence-electron chi connectivity index (χ3n) is 10.5. The van der Waals surface area contributed by atoms with Gasteiger partial charge in [0, 0.05) is 11.0 Å². The normalized spacial score (nSPS) is 11.5. The number of hydrogen-bond acceptors (Lipinski definition) is 5. The van der Waals surface area contributed by atoms with Gasteiger partial charge in [0.25, 0.3) is 0 Å². The number of esters is 1. The van der Waals surface area contributed by atoms with E-state index in [-0.39, 0.29) is 19.2 Å². The SMILES string of the molecule is C=C(C)C(=O)OCCCc1cc(-c2ccc(-c3ccc(-c4ccc(CCCCC)cc4)c(CC)c3)cc2CC)ccc1OCCC(CO)(CO)CCC. The topological polar surface area (TPSA) is 76.0 Å².